The summed E-state index contributed by atoms with van der Waals surface area (Å²) < 4.78 is 54.1. The molecule has 1 rings (SSSR count). The SMILES string of the molecule is CC/C=C/C/C=C/C/C=C/C/C=C/CCCCC(=O)O[C@H](COC(=O)CCCCCCCCCCCCCCCCCCCCCC)CO[C@H]1O[C@H](CS(=O)(=O)O)[C@@H](O)C(O)C1O. The van der Waals surface area contributed by atoms with Gasteiger partial charge in [0.2, 0.25) is 0 Å². The highest BCUT2D eigenvalue weighted by Crippen LogP contribution is 2.24. The Morgan fingerprint density at radius 1 is 0.556 bits per heavy atom. The standard InChI is InChI=1S/C50H88O12S/c1-3-5-7-9-11-13-15-17-19-20-21-22-23-25-26-28-30-32-34-36-38-45(51)59-40-43(41-60-50-49(55)48(54)47(53)44(62-50)42-63(56,57)58)61-46(52)39-37-35-33-31-29-27-24-18-16-14-12-10-8-6-4-2/h6,8,12,14,18,24,29,31,43-44,47-50,53-55H,3-5,7,9-11,13,15-17,19-23,25-28,30,32-42H2,1-2H3,(H,56,57,58)/b8-6+,14-12+,24-18+,31-29+/t43-,44-,47-,48?,49?,50+/m1/s1. The Morgan fingerprint density at radius 3 is 1.49 bits per heavy atom. The van der Waals surface area contributed by atoms with Gasteiger partial charge in [-0.25, -0.2) is 0 Å². The van der Waals surface area contributed by atoms with E-state index in [1.807, 2.05) is 0 Å². The summed E-state index contributed by atoms with van der Waals surface area (Å²) in [7, 11) is -4.61. The number of carbonyl (C=O) groups excluding carboxylic acids is 2. The summed E-state index contributed by atoms with van der Waals surface area (Å²) in [4.78, 5) is 25.5. The first-order chi connectivity index (χ1) is 30.5. The van der Waals surface area contributed by atoms with Gasteiger partial charge in [-0.2, -0.15) is 8.42 Å². The number of allylic oxidation sites excluding steroid dienone is 8. The molecule has 4 N–H and O–H groups in total. The van der Waals surface area contributed by atoms with Gasteiger partial charge in [0.05, 0.1) is 6.61 Å². The second-order valence-electron chi connectivity index (χ2n) is 17.1. The first-order valence-electron chi connectivity index (χ1n) is 24.7. The van der Waals surface area contributed by atoms with Crippen molar-refractivity contribution in [3.05, 3.63) is 48.6 Å². The Balaban J connectivity index is 2.40. The number of rotatable bonds is 41. The number of esters is 2. The summed E-state index contributed by atoms with van der Waals surface area (Å²) >= 11 is 0. The molecule has 1 aliphatic rings. The van der Waals surface area contributed by atoms with Crippen LogP contribution in [0.1, 0.15) is 200 Å². The van der Waals surface area contributed by atoms with Crippen LogP contribution in [0.15, 0.2) is 48.6 Å². The molecular formula is C50H88O12S. The lowest BCUT2D eigenvalue weighted by molar-refractivity contribution is -0.297. The third-order valence-electron chi connectivity index (χ3n) is 11.2. The van der Waals surface area contributed by atoms with Crippen molar-refractivity contribution in [3.8, 4) is 0 Å². The molecule has 63 heavy (non-hydrogen) atoms. The van der Waals surface area contributed by atoms with Gasteiger partial charge < -0.3 is 34.3 Å². The van der Waals surface area contributed by atoms with Crippen molar-refractivity contribution < 1.29 is 56.8 Å². The van der Waals surface area contributed by atoms with Crippen LogP contribution in [0.3, 0.4) is 0 Å². The monoisotopic (exact) mass is 913 g/mol. The molecule has 0 bridgehead atoms. The molecule has 0 aliphatic carbocycles. The van der Waals surface area contributed by atoms with Crippen LogP contribution in [0, 0.1) is 0 Å². The van der Waals surface area contributed by atoms with Crippen LogP contribution in [0.4, 0.5) is 0 Å². The fourth-order valence-electron chi connectivity index (χ4n) is 7.37. The summed E-state index contributed by atoms with van der Waals surface area (Å²) in [6.07, 6.45) is 38.8. The van der Waals surface area contributed by atoms with Crippen LogP contribution in [-0.2, 0) is 38.7 Å². The van der Waals surface area contributed by atoms with Crippen molar-refractivity contribution in [1.82, 2.24) is 0 Å². The van der Waals surface area contributed by atoms with Crippen LogP contribution in [0.5, 0.6) is 0 Å². The van der Waals surface area contributed by atoms with E-state index in [0.29, 0.717) is 12.8 Å². The molecule has 13 heteroatoms. The second kappa shape index (κ2) is 39.9. The lowest BCUT2D eigenvalue weighted by Gasteiger charge is -2.40. The molecule has 0 radical (unpaired) electrons. The zero-order valence-corrected chi connectivity index (χ0v) is 40.0. The predicted octanol–water partition coefficient (Wildman–Crippen LogP) is 10.7. The number of hydrogen-bond donors (Lipinski definition) is 4. The molecule has 0 aromatic heterocycles. The van der Waals surface area contributed by atoms with Crippen molar-refractivity contribution in [1.29, 1.82) is 0 Å². The number of aliphatic hydroxyl groups is 3. The van der Waals surface area contributed by atoms with Crippen molar-refractivity contribution in [2.75, 3.05) is 19.0 Å². The zero-order chi connectivity index (χ0) is 46.2. The van der Waals surface area contributed by atoms with Crippen LogP contribution in [0.25, 0.3) is 0 Å². The first-order valence-corrected chi connectivity index (χ1v) is 26.3. The van der Waals surface area contributed by atoms with E-state index in [1.54, 1.807) is 0 Å². The average Bonchev–Trinajstić information content (AvgIpc) is 3.25. The summed E-state index contributed by atoms with van der Waals surface area (Å²) in [5, 5.41) is 30.9. The fourth-order valence-corrected chi connectivity index (χ4v) is 8.07. The molecule has 0 saturated carbocycles. The summed E-state index contributed by atoms with van der Waals surface area (Å²) in [5.74, 6) is -2.03. The Morgan fingerprint density at radius 2 is 1.00 bits per heavy atom. The van der Waals surface area contributed by atoms with Gasteiger partial charge in [0, 0.05) is 12.8 Å². The van der Waals surface area contributed by atoms with E-state index < -0.39 is 71.2 Å². The van der Waals surface area contributed by atoms with Crippen LogP contribution in [-0.4, -0.2) is 96.0 Å². The molecule has 1 saturated heterocycles. The van der Waals surface area contributed by atoms with Gasteiger partial charge in [0.1, 0.15) is 36.8 Å². The number of carbonyl (C=O) groups is 2. The lowest BCUT2D eigenvalue weighted by Crippen LogP contribution is -2.60. The normalized spacial score (nSPS) is 20.1. The van der Waals surface area contributed by atoms with Gasteiger partial charge in [0.25, 0.3) is 10.1 Å². The molecule has 0 spiro atoms. The molecule has 1 fully saturated rings. The van der Waals surface area contributed by atoms with E-state index >= 15 is 0 Å². The minimum Gasteiger partial charge on any atom is -0.462 e. The van der Waals surface area contributed by atoms with Gasteiger partial charge >= 0.3 is 11.9 Å². The van der Waals surface area contributed by atoms with E-state index in [4.69, 9.17) is 18.9 Å². The van der Waals surface area contributed by atoms with E-state index in [-0.39, 0.29) is 19.4 Å². The maximum Gasteiger partial charge on any atom is 0.306 e. The summed E-state index contributed by atoms with van der Waals surface area (Å²) in [6.45, 7) is 3.63. The Bertz CT molecular complexity index is 1350. The van der Waals surface area contributed by atoms with E-state index in [9.17, 15) is 37.9 Å². The van der Waals surface area contributed by atoms with Crippen LogP contribution < -0.4 is 0 Å². The quantitative estimate of drug-likeness (QED) is 0.0197. The van der Waals surface area contributed by atoms with Crippen LogP contribution >= 0.6 is 0 Å². The summed E-state index contributed by atoms with van der Waals surface area (Å²) in [5.41, 5.74) is 0. The minimum atomic E-state index is -4.61. The molecule has 12 nitrogen and oxygen atoms in total. The van der Waals surface area contributed by atoms with Gasteiger partial charge in [0.15, 0.2) is 12.4 Å². The molecule has 1 heterocycles. The maximum atomic E-state index is 12.8. The maximum absolute atomic E-state index is 12.8. The third kappa shape index (κ3) is 34.6. The van der Waals surface area contributed by atoms with Crippen molar-refractivity contribution in [2.24, 2.45) is 0 Å². The molecule has 1 aliphatic heterocycles. The largest absolute Gasteiger partial charge is 0.462 e. The zero-order valence-electron chi connectivity index (χ0n) is 39.2. The fraction of sp³-hybridized carbons (Fsp3) is 0.800. The number of aliphatic hydroxyl groups excluding tert-OH is 3. The lowest BCUT2D eigenvalue weighted by atomic mass is 10.00. The minimum absolute atomic E-state index is 0.112. The number of unbranched alkanes of at least 4 members (excludes halogenated alkanes) is 21. The number of hydrogen-bond acceptors (Lipinski definition) is 11. The van der Waals surface area contributed by atoms with Crippen molar-refractivity contribution in [3.63, 3.8) is 0 Å². The highest BCUT2D eigenvalue weighted by atomic mass is 32.2. The smallest absolute Gasteiger partial charge is 0.306 e. The molecule has 0 aromatic carbocycles. The predicted molar refractivity (Wildman–Crippen MR) is 252 cm³/mol. The second-order valence-corrected chi connectivity index (χ2v) is 18.6. The highest BCUT2D eigenvalue weighted by Gasteiger charge is 2.46. The van der Waals surface area contributed by atoms with E-state index in [0.717, 1.165) is 57.8 Å². The first kappa shape index (κ1) is 58.6. The van der Waals surface area contributed by atoms with Crippen molar-refractivity contribution in [2.45, 2.75) is 237 Å². The topological polar surface area (TPSA) is 186 Å². The molecule has 0 aromatic rings. The summed E-state index contributed by atoms with van der Waals surface area (Å²) in [6, 6.07) is 0. The molecule has 2 unspecified atom stereocenters. The average molecular weight is 913 g/mol. The molecule has 0 amide bonds. The molecule has 6 atom stereocenters. The Hall–Kier alpha value is -2.39. The van der Waals surface area contributed by atoms with E-state index in [1.165, 1.54) is 103 Å². The van der Waals surface area contributed by atoms with Gasteiger partial charge in [-0.1, -0.05) is 184 Å². The van der Waals surface area contributed by atoms with Gasteiger partial charge in [-0.3, -0.25) is 14.1 Å². The van der Waals surface area contributed by atoms with Gasteiger partial charge in [-0.15, -0.1) is 0 Å². The van der Waals surface area contributed by atoms with E-state index in [2.05, 4.69) is 62.5 Å². The molecular weight excluding hydrogens is 825 g/mol. The van der Waals surface area contributed by atoms with Crippen molar-refractivity contribution >= 4 is 22.1 Å². The Labute approximate surface area is 382 Å². The van der Waals surface area contributed by atoms with Gasteiger partial charge in [-0.05, 0) is 51.4 Å². The number of ether oxygens (including phenoxy) is 4. The highest BCUT2D eigenvalue weighted by molar-refractivity contribution is 7.85. The third-order valence-corrected chi connectivity index (χ3v) is 11.9. The van der Waals surface area contributed by atoms with Crippen LogP contribution in [0.2, 0.25) is 0 Å². The Kier molecular flexibility index (Phi) is 37.2. The molecule has 366 valence electrons.